The fourth-order valence-corrected chi connectivity index (χ4v) is 3.26. The SMILES string of the molecule is Nc1cccc(SCC(=O)NCCSc2ccccc2)c1. The molecule has 21 heavy (non-hydrogen) atoms. The van der Waals surface area contributed by atoms with Gasteiger partial charge in [0.2, 0.25) is 5.91 Å². The maximum absolute atomic E-state index is 11.7. The minimum absolute atomic E-state index is 0.0519. The summed E-state index contributed by atoms with van der Waals surface area (Å²) in [6.45, 7) is 0.676. The van der Waals surface area contributed by atoms with E-state index in [2.05, 4.69) is 17.4 Å². The van der Waals surface area contributed by atoms with Crippen LogP contribution in [0, 0.1) is 0 Å². The molecule has 3 nitrogen and oxygen atoms in total. The molecule has 0 radical (unpaired) electrons. The normalized spacial score (nSPS) is 10.3. The molecule has 0 aromatic heterocycles. The number of nitrogen functional groups attached to an aromatic ring is 1. The third-order valence-corrected chi connectivity index (χ3v) is 4.67. The van der Waals surface area contributed by atoms with E-state index >= 15 is 0 Å². The zero-order chi connectivity index (χ0) is 14.9. The Hall–Kier alpha value is -1.59. The van der Waals surface area contributed by atoms with Gasteiger partial charge in [0.05, 0.1) is 5.75 Å². The quantitative estimate of drug-likeness (QED) is 0.467. The predicted octanol–water partition coefficient (Wildman–Crippen LogP) is 3.27. The van der Waals surface area contributed by atoms with Crippen LogP contribution in [0.25, 0.3) is 0 Å². The van der Waals surface area contributed by atoms with Gasteiger partial charge in [0.1, 0.15) is 0 Å². The Morgan fingerprint density at radius 3 is 2.52 bits per heavy atom. The smallest absolute Gasteiger partial charge is 0.230 e. The number of hydrogen-bond donors (Lipinski definition) is 2. The van der Waals surface area contributed by atoms with Crippen molar-refractivity contribution in [3.8, 4) is 0 Å². The second kappa shape index (κ2) is 8.64. The summed E-state index contributed by atoms with van der Waals surface area (Å²) in [7, 11) is 0. The van der Waals surface area contributed by atoms with E-state index in [-0.39, 0.29) is 5.91 Å². The maximum Gasteiger partial charge on any atom is 0.230 e. The highest BCUT2D eigenvalue weighted by Gasteiger charge is 2.02. The van der Waals surface area contributed by atoms with Crippen LogP contribution < -0.4 is 11.1 Å². The summed E-state index contributed by atoms with van der Waals surface area (Å²) < 4.78 is 0. The molecule has 0 bridgehead atoms. The molecule has 0 unspecified atom stereocenters. The summed E-state index contributed by atoms with van der Waals surface area (Å²) in [5.74, 6) is 1.34. The second-order valence-corrected chi connectivity index (χ2v) is 6.59. The fourth-order valence-electron chi connectivity index (χ4n) is 1.68. The molecule has 1 amide bonds. The van der Waals surface area contributed by atoms with Crippen LogP contribution in [0.5, 0.6) is 0 Å². The van der Waals surface area contributed by atoms with Crippen LogP contribution in [0.15, 0.2) is 64.4 Å². The van der Waals surface area contributed by atoms with Gasteiger partial charge in [-0.25, -0.2) is 0 Å². The lowest BCUT2D eigenvalue weighted by Gasteiger charge is -2.05. The minimum atomic E-state index is 0.0519. The Labute approximate surface area is 133 Å². The molecule has 0 aliphatic rings. The number of anilines is 1. The largest absolute Gasteiger partial charge is 0.399 e. The van der Waals surface area contributed by atoms with Gasteiger partial charge < -0.3 is 11.1 Å². The molecule has 0 aliphatic carbocycles. The summed E-state index contributed by atoms with van der Waals surface area (Å²) in [5, 5.41) is 2.93. The Bertz CT molecular complexity index is 575. The molecule has 0 fully saturated rings. The number of carbonyl (C=O) groups excluding carboxylic acids is 1. The standard InChI is InChI=1S/C16H18N2OS2/c17-13-5-4-8-15(11-13)21-12-16(19)18-9-10-20-14-6-2-1-3-7-14/h1-8,11H,9-10,12,17H2,(H,18,19). The molecular formula is C16H18N2OS2. The fraction of sp³-hybridized carbons (Fsp3) is 0.188. The number of nitrogens with one attached hydrogen (secondary N) is 1. The van der Waals surface area contributed by atoms with E-state index in [0.717, 1.165) is 16.3 Å². The number of carbonyl (C=O) groups is 1. The van der Waals surface area contributed by atoms with Crippen molar-refractivity contribution in [2.24, 2.45) is 0 Å². The number of benzene rings is 2. The van der Waals surface area contributed by atoms with Crippen molar-refractivity contribution in [1.82, 2.24) is 5.32 Å². The number of hydrogen-bond acceptors (Lipinski definition) is 4. The van der Waals surface area contributed by atoms with Gasteiger partial charge in [0, 0.05) is 27.8 Å². The van der Waals surface area contributed by atoms with Gasteiger partial charge in [-0.15, -0.1) is 23.5 Å². The topological polar surface area (TPSA) is 55.1 Å². The zero-order valence-corrected chi connectivity index (χ0v) is 13.3. The molecule has 0 heterocycles. The minimum Gasteiger partial charge on any atom is -0.399 e. The summed E-state index contributed by atoms with van der Waals surface area (Å²) >= 11 is 3.24. The van der Waals surface area contributed by atoms with Gasteiger partial charge in [-0.2, -0.15) is 0 Å². The Balaban J connectivity index is 1.62. The first kappa shape index (κ1) is 15.8. The Morgan fingerprint density at radius 1 is 1.00 bits per heavy atom. The number of nitrogens with two attached hydrogens (primary N) is 1. The molecule has 0 saturated heterocycles. The van der Waals surface area contributed by atoms with Crippen LogP contribution in [-0.4, -0.2) is 24.0 Å². The zero-order valence-electron chi connectivity index (χ0n) is 11.6. The second-order valence-electron chi connectivity index (χ2n) is 4.37. The Kier molecular flexibility index (Phi) is 6.50. The number of amides is 1. The van der Waals surface area contributed by atoms with Gasteiger partial charge in [-0.1, -0.05) is 24.3 Å². The van der Waals surface area contributed by atoms with E-state index in [1.54, 1.807) is 11.8 Å². The molecule has 5 heteroatoms. The monoisotopic (exact) mass is 318 g/mol. The Morgan fingerprint density at radius 2 is 1.76 bits per heavy atom. The average molecular weight is 318 g/mol. The van der Waals surface area contributed by atoms with Crippen LogP contribution in [0.2, 0.25) is 0 Å². The number of rotatable bonds is 7. The first-order valence-corrected chi connectivity index (χ1v) is 8.64. The molecule has 0 aliphatic heterocycles. The van der Waals surface area contributed by atoms with Crippen LogP contribution in [0.1, 0.15) is 0 Å². The molecule has 2 aromatic carbocycles. The van der Waals surface area contributed by atoms with Crippen molar-refractivity contribution >= 4 is 35.1 Å². The first-order valence-electron chi connectivity index (χ1n) is 6.67. The van der Waals surface area contributed by atoms with Gasteiger partial charge in [-0.3, -0.25) is 4.79 Å². The van der Waals surface area contributed by atoms with Crippen LogP contribution in [0.3, 0.4) is 0 Å². The van der Waals surface area contributed by atoms with E-state index < -0.39 is 0 Å². The van der Waals surface area contributed by atoms with Crippen molar-refractivity contribution in [3.05, 3.63) is 54.6 Å². The summed E-state index contributed by atoms with van der Waals surface area (Å²) in [4.78, 5) is 14.0. The summed E-state index contributed by atoms with van der Waals surface area (Å²) in [5.41, 5.74) is 6.42. The molecular weight excluding hydrogens is 300 g/mol. The number of thioether (sulfide) groups is 2. The molecule has 110 valence electrons. The highest BCUT2D eigenvalue weighted by Crippen LogP contribution is 2.19. The lowest BCUT2D eigenvalue weighted by molar-refractivity contribution is -0.118. The van der Waals surface area contributed by atoms with Crippen molar-refractivity contribution in [2.45, 2.75) is 9.79 Å². The van der Waals surface area contributed by atoms with E-state index in [1.807, 2.05) is 42.5 Å². The van der Waals surface area contributed by atoms with E-state index in [9.17, 15) is 4.79 Å². The van der Waals surface area contributed by atoms with Crippen LogP contribution >= 0.6 is 23.5 Å². The van der Waals surface area contributed by atoms with E-state index in [1.165, 1.54) is 16.7 Å². The van der Waals surface area contributed by atoms with Gasteiger partial charge in [0.15, 0.2) is 0 Å². The third kappa shape index (κ3) is 6.14. The summed E-state index contributed by atoms with van der Waals surface area (Å²) in [6, 6.07) is 17.7. The maximum atomic E-state index is 11.7. The van der Waals surface area contributed by atoms with E-state index in [4.69, 9.17) is 5.73 Å². The molecule has 2 rings (SSSR count). The van der Waals surface area contributed by atoms with Crippen LogP contribution in [0.4, 0.5) is 5.69 Å². The molecule has 2 aromatic rings. The highest BCUT2D eigenvalue weighted by atomic mass is 32.2. The predicted molar refractivity (Wildman–Crippen MR) is 91.8 cm³/mol. The lowest BCUT2D eigenvalue weighted by Crippen LogP contribution is -2.27. The first-order chi connectivity index (χ1) is 10.2. The molecule has 0 saturated carbocycles. The van der Waals surface area contributed by atoms with Gasteiger partial charge >= 0.3 is 0 Å². The molecule has 0 spiro atoms. The van der Waals surface area contributed by atoms with Crippen molar-refractivity contribution in [1.29, 1.82) is 0 Å². The van der Waals surface area contributed by atoms with E-state index in [0.29, 0.717) is 12.3 Å². The van der Waals surface area contributed by atoms with Gasteiger partial charge in [0.25, 0.3) is 0 Å². The molecule has 3 N–H and O–H groups in total. The summed E-state index contributed by atoms with van der Waals surface area (Å²) in [6.07, 6.45) is 0. The average Bonchev–Trinajstić information content (AvgIpc) is 2.51. The lowest BCUT2D eigenvalue weighted by atomic mass is 10.3. The van der Waals surface area contributed by atoms with Crippen LogP contribution in [-0.2, 0) is 4.79 Å². The van der Waals surface area contributed by atoms with Crippen molar-refractivity contribution in [2.75, 3.05) is 23.8 Å². The highest BCUT2D eigenvalue weighted by molar-refractivity contribution is 8.00. The van der Waals surface area contributed by atoms with Crippen molar-refractivity contribution in [3.63, 3.8) is 0 Å². The van der Waals surface area contributed by atoms with Gasteiger partial charge in [-0.05, 0) is 30.3 Å². The third-order valence-electron chi connectivity index (χ3n) is 2.66. The molecule has 0 atom stereocenters. The van der Waals surface area contributed by atoms with Crippen molar-refractivity contribution < 1.29 is 4.79 Å².